The molecular weight excluding hydrogens is 466 g/mol. The van der Waals surface area contributed by atoms with Gasteiger partial charge in [0.05, 0.1) is 11.9 Å². The zero-order chi connectivity index (χ0) is 25.2. The molecule has 0 spiro atoms. The van der Waals surface area contributed by atoms with Crippen LogP contribution in [0.1, 0.15) is 41.5 Å². The van der Waals surface area contributed by atoms with Crippen molar-refractivity contribution in [3.05, 3.63) is 64.6 Å². The molecule has 1 aliphatic heterocycles. The molecule has 3 aromatic heterocycles. The summed E-state index contributed by atoms with van der Waals surface area (Å²) < 4.78 is 2.04. The molecule has 2 N–H and O–H groups in total. The Balaban J connectivity index is 1.26. The van der Waals surface area contributed by atoms with Crippen molar-refractivity contribution >= 4 is 38.3 Å². The van der Waals surface area contributed by atoms with E-state index in [1.54, 1.807) is 17.7 Å². The lowest BCUT2D eigenvalue weighted by atomic mass is 10.0. The van der Waals surface area contributed by atoms with E-state index in [0.29, 0.717) is 18.3 Å². The lowest BCUT2D eigenvalue weighted by Crippen LogP contribution is -2.39. The van der Waals surface area contributed by atoms with Gasteiger partial charge in [0.1, 0.15) is 28.7 Å². The fourth-order valence-corrected chi connectivity index (χ4v) is 6.02. The van der Waals surface area contributed by atoms with Gasteiger partial charge in [0.15, 0.2) is 0 Å². The summed E-state index contributed by atoms with van der Waals surface area (Å²) in [5.74, 6) is 0.967. The maximum absolute atomic E-state index is 9.69. The zero-order valence-corrected chi connectivity index (χ0v) is 22.1. The Labute approximate surface area is 216 Å². The number of nitrogens with zero attached hydrogens (tertiary/aromatic N) is 5. The van der Waals surface area contributed by atoms with E-state index in [-0.39, 0.29) is 0 Å². The highest BCUT2D eigenvalue weighted by molar-refractivity contribution is 7.18. The molecule has 7 nitrogen and oxygen atoms in total. The number of benzene rings is 1. The fourth-order valence-electron chi connectivity index (χ4n) is 5.09. The maximum Gasteiger partial charge on any atom is 0.138 e. The molecule has 8 heteroatoms. The van der Waals surface area contributed by atoms with Crippen LogP contribution in [0.4, 0.5) is 5.82 Å². The molecular formula is C28H33N7S. The maximum atomic E-state index is 9.69. The van der Waals surface area contributed by atoms with E-state index in [9.17, 15) is 5.26 Å². The van der Waals surface area contributed by atoms with Gasteiger partial charge in [-0.2, -0.15) is 5.26 Å². The fraction of sp³-hybridized carbons (Fsp3) is 0.393. The molecule has 0 saturated carbocycles. The van der Waals surface area contributed by atoms with E-state index in [1.165, 1.54) is 16.0 Å². The van der Waals surface area contributed by atoms with Crippen LogP contribution in [0.2, 0.25) is 0 Å². The van der Waals surface area contributed by atoms with Crippen LogP contribution < -0.4 is 10.6 Å². The van der Waals surface area contributed by atoms with Gasteiger partial charge in [-0.05, 0) is 55.5 Å². The molecule has 0 bridgehead atoms. The molecule has 0 amide bonds. The van der Waals surface area contributed by atoms with Crippen molar-refractivity contribution in [1.29, 1.82) is 5.26 Å². The Morgan fingerprint density at radius 1 is 1.22 bits per heavy atom. The number of hydrogen-bond donors (Lipinski definition) is 2. The second kappa shape index (κ2) is 10.3. The molecule has 0 atom stereocenters. The first-order chi connectivity index (χ1) is 17.5. The van der Waals surface area contributed by atoms with Gasteiger partial charge in [0.25, 0.3) is 0 Å². The van der Waals surface area contributed by atoms with E-state index in [4.69, 9.17) is 0 Å². The minimum Gasteiger partial charge on any atom is -0.390 e. The van der Waals surface area contributed by atoms with Gasteiger partial charge >= 0.3 is 0 Å². The average Bonchev–Trinajstić information content (AvgIpc) is 3.49. The highest BCUT2D eigenvalue weighted by atomic mass is 32.1. The van der Waals surface area contributed by atoms with E-state index in [2.05, 4.69) is 70.2 Å². The zero-order valence-electron chi connectivity index (χ0n) is 21.3. The van der Waals surface area contributed by atoms with Gasteiger partial charge in [-0.1, -0.05) is 19.6 Å². The summed E-state index contributed by atoms with van der Waals surface area (Å²) in [6.45, 7) is 12.0. The van der Waals surface area contributed by atoms with Crippen LogP contribution >= 0.6 is 11.3 Å². The first kappa shape index (κ1) is 24.3. The molecule has 4 aromatic rings. The van der Waals surface area contributed by atoms with E-state index in [1.807, 2.05) is 17.7 Å². The van der Waals surface area contributed by atoms with Crippen LogP contribution in [-0.2, 0) is 19.5 Å². The van der Waals surface area contributed by atoms with Crippen molar-refractivity contribution in [2.45, 2.75) is 52.2 Å². The lowest BCUT2D eigenvalue weighted by Gasteiger charge is -2.33. The second-order valence-corrected chi connectivity index (χ2v) is 10.7. The van der Waals surface area contributed by atoms with Crippen LogP contribution in [0.3, 0.4) is 0 Å². The summed E-state index contributed by atoms with van der Waals surface area (Å²) in [6, 6.07) is 11.4. The molecule has 0 radical (unpaired) electrons. The molecule has 1 aromatic carbocycles. The third-order valence-corrected chi connectivity index (χ3v) is 8.52. The molecule has 0 unspecified atom stereocenters. The van der Waals surface area contributed by atoms with E-state index in [0.717, 1.165) is 71.5 Å². The monoisotopic (exact) mass is 499 g/mol. The van der Waals surface area contributed by atoms with Crippen LogP contribution in [0, 0.1) is 18.3 Å². The minimum absolute atomic E-state index is 0.417. The Morgan fingerprint density at radius 2 is 2.03 bits per heavy atom. The number of anilines is 1. The smallest absolute Gasteiger partial charge is 0.138 e. The SMILES string of the molecule is C=C(Cn1c(C#N)cc2c(C)c(CN3CCC(Nc4ncnc5sc(CC)cc45)CC3)ccc21)NC. The molecule has 5 rings (SSSR count). The van der Waals surface area contributed by atoms with Gasteiger partial charge in [0.2, 0.25) is 0 Å². The third kappa shape index (κ3) is 4.69. The topological polar surface area (TPSA) is 81.8 Å². The molecule has 1 fully saturated rings. The first-order valence-electron chi connectivity index (χ1n) is 12.6. The Morgan fingerprint density at radius 3 is 2.75 bits per heavy atom. The predicted octanol–water partition coefficient (Wildman–Crippen LogP) is 5.20. The summed E-state index contributed by atoms with van der Waals surface area (Å²) in [5, 5.41) is 18.8. The largest absolute Gasteiger partial charge is 0.390 e. The number of allylic oxidation sites excluding steroid dienone is 1. The second-order valence-electron chi connectivity index (χ2n) is 9.57. The Hall–Kier alpha value is -3.41. The molecule has 36 heavy (non-hydrogen) atoms. The molecule has 186 valence electrons. The van der Waals surface area contributed by atoms with Gasteiger partial charge in [-0.15, -0.1) is 11.3 Å². The summed E-state index contributed by atoms with van der Waals surface area (Å²) in [7, 11) is 1.86. The van der Waals surface area contributed by atoms with Crippen LogP contribution in [-0.4, -0.2) is 45.6 Å². The number of likely N-dealkylation sites (N-methyl/N-ethyl adjacent to an activating group) is 1. The van der Waals surface area contributed by atoms with Gasteiger partial charge in [-0.25, -0.2) is 9.97 Å². The van der Waals surface area contributed by atoms with Gasteiger partial charge < -0.3 is 15.2 Å². The molecule has 1 aliphatic rings. The number of fused-ring (bicyclic) bond motifs is 2. The van der Waals surface area contributed by atoms with Crippen LogP contribution in [0.5, 0.6) is 0 Å². The normalized spacial score (nSPS) is 14.8. The summed E-state index contributed by atoms with van der Waals surface area (Å²) in [6.07, 6.45) is 4.86. The van der Waals surface area contributed by atoms with Crippen LogP contribution in [0.25, 0.3) is 21.1 Å². The van der Waals surface area contributed by atoms with Crippen molar-refractivity contribution in [2.24, 2.45) is 0 Å². The van der Waals surface area contributed by atoms with Crippen LogP contribution in [0.15, 0.2) is 42.9 Å². The van der Waals surface area contributed by atoms with E-state index >= 15 is 0 Å². The Bertz CT molecular complexity index is 1450. The number of aryl methyl sites for hydroxylation is 2. The molecule has 1 saturated heterocycles. The number of hydrogen-bond acceptors (Lipinski definition) is 7. The number of nitrogens with one attached hydrogen (secondary N) is 2. The van der Waals surface area contributed by atoms with Crippen molar-refractivity contribution in [3.8, 4) is 6.07 Å². The number of thiophene rings is 1. The minimum atomic E-state index is 0.417. The summed E-state index contributed by atoms with van der Waals surface area (Å²) >= 11 is 1.76. The van der Waals surface area contributed by atoms with Gasteiger partial charge in [0, 0.05) is 54.2 Å². The predicted molar refractivity (Wildman–Crippen MR) is 148 cm³/mol. The Kier molecular flexibility index (Phi) is 6.95. The summed E-state index contributed by atoms with van der Waals surface area (Å²) in [5.41, 5.74) is 5.22. The number of rotatable bonds is 8. The third-order valence-electron chi connectivity index (χ3n) is 7.34. The lowest BCUT2D eigenvalue weighted by molar-refractivity contribution is 0.211. The number of nitriles is 1. The highest BCUT2D eigenvalue weighted by Crippen LogP contribution is 2.31. The summed E-state index contributed by atoms with van der Waals surface area (Å²) in [4.78, 5) is 14.0. The van der Waals surface area contributed by atoms with Crippen molar-refractivity contribution in [1.82, 2.24) is 24.8 Å². The molecule has 4 heterocycles. The molecule has 0 aliphatic carbocycles. The highest BCUT2D eigenvalue weighted by Gasteiger charge is 2.22. The average molecular weight is 500 g/mol. The van der Waals surface area contributed by atoms with Crippen molar-refractivity contribution in [3.63, 3.8) is 0 Å². The van der Waals surface area contributed by atoms with Crippen molar-refractivity contribution in [2.75, 3.05) is 25.5 Å². The first-order valence-corrected chi connectivity index (χ1v) is 13.4. The quantitative estimate of drug-likeness (QED) is 0.347. The van der Waals surface area contributed by atoms with Crippen molar-refractivity contribution < 1.29 is 0 Å². The standard InChI is InChI=1S/C28H33N7S/c1-5-23-13-25-27(31-17-32-28(25)36-23)33-21-8-10-34(11-9-21)16-20-6-7-26-24(19(20)3)12-22(14-29)35(26)15-18(2)30-4/h6-7,12-13,17,21,30H,2,5,8-11,15-16H2,1,3-4H3,(H,31,32,33). The van der Waals surface area contributed by atoms with Gasteiger partial charge in [-0.3, -0.25) is 4.90 Å². The number of likely N-dealkylation sites (tertiary alicyclic amines) is 1. The number of piperidine rings is 1. The number of aromatic nitrogens is 3. The van der Waals surface area contributed by atoms with E-state index < -0.39 is 0 Å².